The van der Waals surface area contributed by atoms with Crippen molar-refractivity contribution in [2.45, 2.75) is 13.5 Å². The molecule has 0 spiro atoms. The van der Waals surface area contributed by atoms with E-state index < -0.39 is 0 Å². The molecule has 4 nitrogen and oxygen atoms in total. The number of halogens is 1. The molecule has 0 radical (unpaired) electrons. The Kier molecular flexibility index (Phi) is 5.77. The van der Waals surface area contributed by atoms with Crippen LogP contribution in [0.1, 0.15) is 11.1 Å². The molecule has 5 heteroatoms. The summed E-state index contributed by atoms with van der Waals surface area (Å²) in [5.74, 6) is 0.657. The highest BCUT2D eigenvalue weighted by Crippen LogP contribution is 2.25. The lowest BCUT2D eigenvalue weighted by Gasteiger charge is -2.23. The van der Waals surface area contributed by atoms with Gasteiger partial charge in [0.05, 0.1) is 18.6 Å². The molecule has 26 heavy (non-hydrogen) atoms. The molecule has 0 saturated carbocycles. The van der Waals surface area contributed by atoms with E-state index in [1.54, 1.807) is 0 Å². The van der Waals surface area contributed by atoms with Gasteiger partial charge in [0, 0.05) is 16.7 Å². The van der Waals surface area contributed by atoms with Gasteiger partial charge in [-0.15, -0.1) is 0 Å². The van der Waals surface area contributed by atoms with Crippen LogP contribution in [0.5, 0.6) is 0 Å². The van der Waals surface area contributed by atoms with E-state index in [2.05, 4.69) is 6.07 Å². The van der Waals surface area contributed by atoms with E-state index in [1.165, 1.54) is 10.5 Å². The lowest BCUT2D eigenvalue weighted by Crippen LogP contribution is -3.12. The summed E-state index contributed by atoms with van der Waals surface area (Å²) in [6.07, 6.45) is 0. The summed E-state index contributed by atoms with van der Waals surface area (Å²) in [5.41, 5.74) is 3.47. The fraction of sp³-hybridized carbons (Fsp3) is 0.286. The molecular weight excluding hydrogens is 350 g/mol. The van der Waals surface area contributed by atoms with Crippen molar-refractivity contribution in [2.24, 2.45) is 0 Å². The Balaban J connectivity index is 0.00000196. The first-order chi connectivity index (χ1) is 12.2. The van der Waals surface area contributed by atoms with Crippen LogP contribution in [0.2, 0.25) is 0 Å². The zero-order valence-corrected chi connectivity index (χ0v) is 15.5. The van der Waals surface area contributed by atoms with Gasteiger partial charge in [-0.2, -0.15) is 0 Å². The molecule has 1 aliphatic rings. The Bertz CT molecular complexity index is 947. The number of hydrogen-bond donors (Lipinski definition) is 1. The smallest absolute Gasteiger partial charge is 0.196 e. The van der Waals surface area contributed by atoms with Gasteiger partial charge in [-0.1, -0.05) is 30.3 Å². The van der Waals surface area contributed by atoms with Crippen LogP contribution in [0.15, 0.2) is 57.7 Å². The van der Waals surface area contributed by atoms with Gasteiger partial charge in [0.15, 0.2) is 5.43 Å². The first-order valence-electron chi connectivity index (χ1n) is 8.75. The molecule has 1 N–H and O–H groups in total. The monoisotopic (exact) mass is 371 g/mol. The number of ether oxygens (including phenoxy) is 1. The summed E-state index contributed by atoms with van der Waals surface area (Å²) in [4.78, 5) is 14.4. The minimum Gasteiger partial charge on any atom is -1.00 e. The second-order valence-electron chi connectivity index (χ2n) is 6.62. The van der Waals surface area contributed by atoms with E-state index in [1.807, 2.05) is 49.4 Å². The molecule has 3 aromatic rings. The van der Waals surface area contributed by atoms with Crippen LogP contribution in [0.25, 0.3) is 22.3 Å². The van der Waals surface area contributed by atoms with Crippen molar-refractivity contribution in [3.63, 3.8) is 0 Å². The van der Waals surface area contributed by atoms with Crippen LogP contribution < -0.4 is 22.7 Å². The van der Waals surface area contributed by atoms with Crippen molar-refractivity contribution in [1.82, 2.24) is 0 Å². The van der Waals surface area contributed by atoms with E-state index in [9.17, 15) is 4.79 Å². The van der Waals surface area contributed by atoms with Crippen LogP contribution in [0.3, 0.4) is 0 Å². The number of quaternary nitrogens is 1. The molecule has 0 bridgehead atoms. The second kappa shape index (κ2) is 8.04. The van der Waals surface area contributed by atoms with E-state index >= 15 is 0 Å². The third-order valence-corrected chi connectivity index (χ3v) is 4.87. The SMILES string of the molecule is Cc1c(-c2ccccc2)oc2ccc(C[NH+]3CCOCC3)cc2c1=O.[Cl-]. The number of morpholine rings is 1. The Labute approximate surface area is 158 Å². The molecule has 2 heterocycles. The first kappa shape index (κ1) is 18.6. The molecule has 0 amide bonds. The van der Waals surface area contributed by atoms with E-state index in [0.717, 1.165) is 38.4 Å². The fourth-order valence-corrected chi connectivity index (χ4v) is 3.44. The topological polar surface area (TPSA) is 43.9 Å². The van der Waals surface area contributed by atoms with Crippen LogP contribution in [0.4, 0.5) is 0 Å². The van der Waals surface area contributed by atoms with Gasteiger partial charge in [-0.05, 0) is 25.1 Å². The Morgan fingerprint density at radius 3 is 2.50 bits per heavy atom. The van der Waals surface area contributed by atoms with Gasteiger partial charge >= 0.3 is 0 Å². The van der Waals surface area contributed by atoms with E-state index in [4.69, 9.17) is 9.15 Å². The molecule has 2 aromatic carbocycles. The van der Waals surface area contributed by atoms with Crippen molar-refractivity contribution < 1.29 is 26.5 Å². The van der Waals surface area contributed by atoms with Crippen molar-refractivity contribution in [2.75, 3.05) is 26.3 Å². The van der Waals surface area contributed by atoms with Gasteiger partial charge in [0.25, 0.3) is 0 Å². The van der Waals surface area contributed by atoms with Crippen molar-refractivity contribution in [1.29, 1.82) is 0 Å². The molecular formula is C21H22ClNO3. The fourth-order valence-electron chi connectivity index (χ4n) is 3.44. The molecule has 0 aliphatic carbocycles. The van der Waals surface area contributed by atoms with Crippen LogP contribution in [0, 0.1) is 6.92 Å². The first-order valence-corrected chi connectivity index (χ1v) is 8.75. The van der Waals surface area contributed by atoms with Crippen molar-refractivity contribution >= 4 is 11.0 Å². The van der Waals surface area contributed by atoms with Crippen molar-refractivity contribution in [3.05, 3.63) is 69.9 Å². The zero-order valence-electron chi connectivity index (χ0n) is 14.8. The number of nitrogens with one attached hydrogen (secondary N) is 1. The third-order valence-electron chi connectivity index (χ3n) is 4.87. The minimum absolute atomic E-state index is 0. The predicted octanol–water partition coefficient (Wildman–Crippen LogP) is -0.812. The maximum atomic E-state index is 12.9. The van der Waals surface area contributed by atoms with Gasteiger partial charge in [-0.3, -0.25) is 4.79 Å². The Morgan fingerprint density at radius 1 is 1.04 bits per heavy atom. The van der Waals surface area contributed by atoms with Crippen molar-refractivity contribution in [3.8, 4) is 11.3 Å². The average Bonchev–Trinajstić information content (AvgIpc) is 2.66. The molecule has 1 aliphatic heterocycles. The highest BCUT2D eigenvalue weighted by Gasteiger charge is 2.16. The van der Waals surface area contributed by atoms with Gasteiger partial charge < -0.3 is 26.5 Å². The van der Waals surface area contributed by atoms with Crippen LogP contribution >= 0.6 is 0 Å². The minimum atomic E-state index is 0. The number of fused-ring (bicyclic) bond motifs is 1. The molecule has 1 saturated heterocycles. The summed E-state index contributed by atoms with van der Waals surface area (Å²) in [6, 6.07) is 15.8. The van der Waals surface area contributed by atoms with Gasteiger partial charge in [0.2, 0.25) is 0 Å². The summed E-state index contributed by atoms with van der Waals surface area (Å²) >= 11 is 0. The lowest BCUT2D eigenvalue weighted by molar-refractivity contribution is -0.921. The van der Waals surface area contributed by atoms with Gasteiger partial charge in [-0.25, -0.2) is 0 Å². The van der Waals surface area contributed by atoms with Crippen LogP contribution in [-0.4, -0.2) is 26.3 Å². The second-order valence-corrected chi connectivity index (χ2v) is 6.62. The molecule has 136 valence electrons. The van der Waals surface area contributed by atoms with E-state index in [0.29, 0.717) is 22.3 Å². The quantitative estimate of drug-likeness (QED) is 0.655. The average molecular weight is 372 g/mol. The number of benzene rings is 2. The molecule has 4 rings (SSSR count). The van der Waals surface area contributed by atoms with Crippen LogP contribution in [-0.2, 0) is 11.3 Å². The van der Waals surface area contributed by atoms with Gasteiger partial charge in [0.1, 0.15) is 31.0 Å². The Morgan fingerprint density at radius 2 is 1.77 bits per heavy atom. The maximum Gasteiger partial charge on any atom is 0.196 e. The summed E-state index contributed by atoms with van der Waals surface area (Å²) in [7, 11) is 0. The maximum absolute atomic E-state index is 12.9. The largest absolute Gasteiger partial charge is 1.00 e. The summed E-state index contributed by atoms with van der Waals surface area (Å²) < 4.78 is 11.5. The predicted molar refractivity (Wildman–Crippen MR) is 97.9 cm³/mol. The highest BCUT2D eigenvalue weighted by molar-refractivity contribution is 5.81. The molecule has 1 aromatic heterocycles. The number of hydrogen-bond acceptors (Lipinski definition) is 3. The molecule has 1 fully saturated rings. The summed E-state index contributed by atoms with van der Waals surface area (Å²) in [6.45, 7) is 6.40. The zero-order chi connectivity index (χ0) is 17.2. The Hall–Kier alpha value is -2.14. The lowest BCUT2D eigenvalue weighted by atomic mass is 10.0. The third kappa shape index (κ3) is 3.68. The summed E-state index contributed by atoms with van der Waals surface area (Å²) in [5, 5.41) is 0.669. The molecule has 0 unspecified atom stereocenters. The molecule has 0 atom stereocenters. The highest BCUT2D eigenvalue weighted by atomic mass is 35.5. The van der Waals surface area contributed by atoms with E-state index in [-0.39, 0.29) is 17.8 Å². The standard InChI is InChI=1S/C21H21NO3.ClH/c1-15-20(23)18-13-16(14-22-9-11-24-12-10-22)7-8-19(18)25-21(15)17-5-3-2-4-6-17;/h2-8,13H,9-12,14H2,1H3;1H. The normalized spacial score (nSPS) is 15.0. The number of rotatable bonds is 3.